The fourth-order valence-corrected chi connectivity index (χ4v) is 5.57. The summed E-state index contributed by atoms with van der Waals surface area (Å²) in [6, 6.07) is 12.9. The smallest absolute Gasteiger partial charge is 0.244 e. The number of nitrogens with one attached hydrogen (secondary N) is 1. The lowest BCUT2D eigenvalue weighted by Gasteiger charge is -2.32. The van der Waals surface area contributed by atoms with E-state index in [0.717, 1.165) is 56.7 Å². The fourth-order valence-electron chi connectivity index (χ4n) is 4.10. The zero-order valence-electron chi connectivity index (χ0n) is 17.0. The van der Waals surface area contributed by atoms with Crippen LogP contribution in [0.5, 0.6) is 0 Å². The highest BCUT2D eigenvalue weighted by molar-refractivity contribution is 7.89. The summed E-state index contributed by atoms with van der Waals surface area (Å²) < 4.78 is 27.1. The fraction of sp³-hybridized carbons (Fsp3) is 0.455. The van der Waals surface area contributed by atoms with Gasteiger partial charge in [-0.2, -0.15) is 4.31 Å². The molecule has 0 radical (unpaired) electrons. The quantitative estimate of drug-likeness (QED) is 0.791. The first-order chi connectivity index (χ1) is 14.5. The van der Waals surface area contributed by atoms with Crippen molar-refractivity contribution < 1.29 is 13.2 Å². The minimum absolute atomic E-state index is 0.0276. The first kappa shape index (κ1) is 20.8. The van der Waals surface area contributed by atoms with E-state index in [-0.39, 0.29) is 16.7 Å². The second-order valence-corrected chi connectivity index (χ2v) is 9.87. The molecule has 0 aliphatic carbocycles. The van der Waals surface area contributed by atoms with Crippen LogP contribution in [0.15, 0.2) is 53.6 Å². The van der Waals surface area contributed by atoms with Crippen molar-refractivity contribution >= 4 is 27.4 Å². The Kier molecular flexibility index (Phi) is 6.34. The number of anilines is 2. The monoisotopic (exact) mass is 428 g/mol. The second-order valence-electron chi connectivity index (χ2n) is 7.93. The van der Waals surface area contributed by atoms with Gasteiger partial charge < -0.3 is 10.2 Å². The number of benzene rings is 1. The van der Waals surface area contributed by atoms with Crippen LogP contribution in [0.3, 0.4) is 0 Å². The number of nitrogens with zero attached hydrogens (tertiary/aromatic N) is 3. The largest absolute Gasteiger partial charge is 0.357 e. The summed E-state index contributed by atoms with van der Waals surface area (Å²) in [5, 5.41) is 2.98. The molecule has 0 spiro atoms. The molecular formula is C22H28N4O3S. The van der Waals surface area contributed by atoms with Gasteiger partial charge in [-0.15, -0.1) is 0 Å². The van der Waals surface area contributed by atoms with E-state index >= 15 is 0 Å². The number of amides is 1. The summed E-state index contributed by atoms with van der Waals surface area (Å²) in [5.41, 5.74) is 0.817. The van der Waals surface area contributed by atoms with Crippen molar-refractivity contribution in [3.05, 3.63) is 48.7 Å². The van der Waals surface area contributed by atoms with Crippen molar-refractivity contribution in [3.8, 4) is 0 Å². The van der Waals surface area contributed by atoms with Gasteiger partial charge in [0.2, 0.25) is 15.9 Å². The Balaban J connectivity index is 1.34. The van der Waals surface area contributed by atoms with Gasteiger partial charge >= 0.3 is 0 Å². The molecule has 1 amide bonds. The highest BCUT2D eigenvalue weighted by Crippen LogP contribution is 2.25. The third-order valence-corrected chi connectivity index (χ3v) is 7.79. The summed E-state index contributed by atoms with van der Waals surface area (Å²) in [6.07, 6.45) is 5.87. The zero-order chi connectivity index (χ0) is 21.0. The number of rotatable bonds is 5. The van der Waals surface area contributed by atoms with Crippen LogP contribution in [0.4, 0.5) is 11.5 Å². The summed E-state index contributed by atoms with van der Waals surface area (Å²) in [4.78, 5) is 19.3. The number of aromatic nitrogens is 1. The SMILES string of the molecule is O=C(Nc1ccccc1)C1CCN(c2ccc(S(=O)(=O)N3CCCCC3)cn2)CC1. The van der Waals surface area contributed by atoms with Gasteiger partial charge in [0.1, 0.15) is 10.7 Å². The summed E-state index contributed by atoms with van der Waals surface area (Å²) in [6.45, 7) is 2.61. The Hall–Kier alpha value is -2.45. The van der Waals surface area contributed by atoms with E-state index in [4.69, 9.17) is 0 Å². The molecular weight excluding hydrogens is 400 g/mol. The number of piperidine rings is 2. The molecule has 1 N–H and O–H groups in total. The van der Waals surface area contributed by atoms with Gasteiger partial charge in [0.25, 0.3) is 0 Å². The van der Waals surface area contributed by atoms with Crippen LogP contribution in [-0.4, -0.2) is 49.8 Å². The highest BCUT2D eigenvalue weighted by atomic mass is 32.2. The Labute approximate surface area is 178 Å². The lowest BCUT2D eigenvalue weighted by Crippen LogP contribution is -2.38. The van der Waals surface area contributed by atoms with Gasteiger partial charge in [0, 0.05) is 44.0 Å². The maximum Gasteiger partial charge on any atom is 0.244 e. The number of hydrogen-bond acceptors (Lipinski definition) is 5. The van der Waals surface area contributed by atoms with Crippen LogP contribution in [0.1, 0.15) is 32.1 Å². The predicted octanol–water partition coefficient (Wildman–Crippen LogP) is 3.11. The van der Waals surface area contributed by atoms with Gasteiger partial charge in [-0.3, -0.25) is 4.79 Å². The number of hydrogen-bond donors (Lipinski definition) is 1. The van der Waals surface area contributed by atoms with Gasteiger partial charge in [-0.1, -0.05) is 24.6 Å². The summed E-state index contributed by atoms with van der Waals surface area (Å²) in [7, 11) is -3.46. The van der Waals surface area contributed by atoms with Crippen molar-refractivity contribution in [2.75, 3.05) is 36.4 Å². The number of sulfonamides is 1. The lowest BCUT2D eigenvalue weighted by atomic mass is 9.96. The van der Waals surface area contributed by atoms with Crippen molar-refractivity contribution in [2.24, 2.45) is 5.92 Å². The molecule has 0 atom stereocenters. The molecule has 2 saturated heterocycles. The molecule has 30 heavy (non-hydrogen) atoms. The Morgan fingerprint density at radius 3 is 2.27 bits per heavy atom. The highest BCUT2D eigenvalue weighted by Gasteiger charge is 2.28. The third-order valence-electron chi connectivity index (χ3n) is 5.90. The maximum absolute atomic E-state index is 12.8. The van der Waals surface area contributed by atoms with Gasteiger partial charge in [0.15, 0.2) is 0 Å². The van der Waals surface area contributed by atoms with Crippen LogP contribution in [0, 0.1) is 5.92 Å². The number of para-hydroxylation sites is 1. The minimum atomic E-state index is -3.46. The normalized spacial score (nSPS) is 18.9. The molecule has 3 heterocycles. The van der Waals surface area contributed by atoms with Crippen molar-refractivity contribution in [1.29, 1.82) is 0 Å². The molecule has 2 aliphatic heterocycles. The molecule has 160 valence electrons. The molecule has 2 fully saturated rings. The Morgan fingerprint density at radius 1 is 0.933 bits per heavy atom. The minimum Gasteiger partial charge on any atom is -0.357 e. The van der Waals surface area contributed by atoms with Crippen molar-refractivity contribution in [2.45, 2.75) is 37.0 Å². The van der Waals surface area contributed by atoms with E-state index in [2.05, 4.69) is 15.2 Å². The summed E-state index contributed by atoms with van der Waals surface area (Å²) >= 11 is 0. The second kappa shape index (κ2) is 9.14. The predicted molar refractivity (Wildman–Crippen MR) is 117 cm³/mol. The topological polar surface area (TPSA) is 82.6 Å². The lowest BCUT2D eigenvalue weighted by molar-refractivity contribution is -0.120. The van der Waals surface area contributed by atoms with Gasteiger partial charge in [0.05, 0.1) is 0 Å². The maximum atomic E-state index is 12.8. The van der Waals surface area contributed by atoms with Crippen LogP contribution in [0.2, 0.25) is 0 Å². The molecule has 7 nitrogen and oxygen atoms in total. The molecule has 2 aliphatic rings. The van der Waals surface area contributed by atoms with E-state index in [1.54, 1.807) is 16.4 Å². The Morgan fingerprint density at radius 2 is 1.63 bits per heavy atom. The van der Waals surface area contributed by atoms with E-state index < -0.39 is 10.0 Å². The zero-order valence-corrected chi connectivity index (χ0v) is 17.9. The molecule has 0 saturated carbocycles. The third kappa shape index (κ3) is 4.65. The van der Waals surface area contributed by atoms with Crippen LogP contribution in [0.25, 0.3) is 0 Å². The van der Waals surface area contributed by atoms with E-state index in [1.807, 2.05) is 30.3 Å². The number of carbonyl (C=O) groups excluding carboxylic acids is 1. The van der Waals surface area contributed by atoms with Crippen LogP contribution < -0.4 is 10.2 Å². The standard InChI is InChI=1S/C22H28N4O3S/c27-22(24-19-7-3-1-4-8-19)18-11-15-25(16-12-18)21-10-9-20(17-23-21)30(28,29)26-13-5-2-6-14-26/h1,3-4,7-10,17-18H,2,5-6,11-16H2,(H,24,27). The number of pyridine rings is 1. The molecule has 8 heteroatoms. The van der Waals surface area contributed by atoms with E-state index in [0.29, 0.717) is 13.1 Å². The number of carbonyl (C=O) groups is 1. The van der Waals surface area contributed by atoms with Gasteiger partial charge in [-0.05, 0) is 49.9 Å². The molecule has 2 aromatic rings. The van der Waals surface area contributed by atoms with E-state index in [1.165, 1.54) is 6.20 Å². The Bertz CT molecular complexity index is 950. The molecule has 0 bridgehead atoms. The van der Waals surface area contributed by atoms with E-state index in [9.17, 15) is 13.2 Å². The van der Waals surface area contributed by atoms with Crippen molar-refractivity contribution in [1.82, 2.24) is 9.29 Å². The average Bonchev–Trinajstić information content (AvgIpc) is 2.80. The van der Waals surface area contributed by atoms with Crippen LogP contribution >= 0.6 is 0 Å². The molecule has 1 aromatic heterocycles. The first-order valence-corrected chi connectivity index (χ1v) is 12.0. The first-order valence-electron chi connectivity index (χ1n) is 10.6. The average molecular weight is 429 g/mol. The van der Waals surface area contributed by atoms with Crippen LogP contribution in [-0.2, 0) is 14.8 Å². The molecule has 1 aromatic carbocycles. The van der Waals surface area contributed by atoms with Gasteiger partial charge in [-0.25, -0.2) is 13.4 Å². The van der Waals surface area contributed by atoms with Crippen molar-refractivity contribution in [3.63, 3.8) is 0 Å². The summed E-state index contributed by atoms with van der Waals surface area (Å²) in [5.74, 6) is 0.784. The molecule has 0 unspecified atom stereocenters. The molecule has 4 rings (SSSR count).